The maximum absolute atomic E-state index is 12.6. The number of piperidine rings is 1. The van der Waals surface area contributed by atoms with E-state index in [-0.39, 0.29) is 23.2 Å². The molecule has 132 valence electrons. The average Bonchev–Trinajstić information content (AvgIpc) is 3.03. The van der Waals surface area contributed by atoms with Crippen molar-refractivity contribution in [3.8, 4) is 0 Å². The molecule has 0 aliphatic carbocycles. The summed E-state index contributed by atoms with van der Waals surface area (Å²) in [6.45, 7) is 4.60. The summed E-state index contributed by atoms with van der Waals surface area (Å²) < 4.78 is 0. The van der Waals surface area contributed by atoms with Gasteiger partial charge in [0, 0.05) is 25.1 Å². The summed E-state index contributed by atoms with van der Waals surface area (Å²) in [6.07, 6.45) is 2.12. The Morgan fingerprint density at radius 2 is 2.20 bits per heavy atom. The molecule has 1 aliphatic heterocycles. The van der Waals surface area contributed by atoms with Gasteiger partial charge < -0.3 is 9.88 Å². The van der Waals surface area contributed by atoms with E-state index in [4.69, 9.17) is 0 Å². The van der Waals surface area contributed by atoms with Gasteiger partial charge in [-0.15, -0.1) is 11.3 Å². The zero-order valence-electron chi connectivity index (χ0n) is 14.4. The molecule has 0 aromatic carbocycles. The van der Waals surface area contributed by atoms with Crippen LogP contribution in [-0.2, 0) is 11.2 Å². The summed E-state index contributed by atoms with van der Waals surface area (Å²) >= 11 is 1.38. The van der Waals surface area contributed by atoms with Crippen LogP contribution in [0, 0.1) is 6.92 Å². The second kappa shape index (κ2) is 7.31. The van der Waals surface area contributed by atoms with Crippen molar-refractivity contribution in [1.29, 1.82) is 0 Å². The molecular weight excluding hydrogens is 338 g/mol. The predicted molar refractivity (Wildman–Crippen MR) is 96.2 cm³/mol. The van der Waals surface area contributed by atoms with Crippen LogP contribution in [0.25, 0.3) is 0 Å². The smallest absolute Gasteiger partial charge is 0.251 e. The molecule has 7 heteroatoms. The Bertz CT molecular complexity index is 855. The number of nitrogens with one attached hydrogen (secondary N) is 1. The van der Waals surface area contributed by atoms with E-state index < -0.39 is 0 Å². The Morgan fingerprint density at radius 1 is 1.40 bits per heavy atom. The van der Waals surface area contributed by atoms with Crippen LogP contribution in [0.15, 0.2) is 22.3 Å². The monoisotopic (exact) mass is 359 g/mol. The maximum Gasteiger partial charge on any atom is 0.251 e. The van der Waals surface area contributed by atoms with Gasteiger partial charge in [0.25, 0.3) is 5.56 Å². The highest BCUT2D eigenvalue weighted by Gasteiger charge is 2.26. The minimum atomic E-state index is -0.152. The van der Waals surface area contributed by atoms with E-state index in [1.165, 1.54) is 24.3 Å². The molecule has 2 aromatic rings. The summed E-state index contributed by atoms with van der Waals surface area (Å²) in [5.41, 5.74) is 1.49. The van der Waals surface area contributed by atoms with Gasteiger partial charge in [0.1, 0.15) is 5.82 Å². The number of ketones is 1. The molecule has 1 atom stereocenters. The number of hydrogen-bond donors (Lipinski definition) is 1. The topological polar surface area (TPSA) is 83.1 Å². The van der Waals surface area contributed by atoms with Crippen molar-refractivity contribution in [1.82, 2.24) is 14.9 Å². The third-order valence-electron chi connectivity index (χ3n) is 4.43. The quantitative estimate of drug-likeness (QED) is 0.849. The van der Waals surface area contributed by atoms with Crippen LogP contribution in [0.2, 0.25) is 0 Å². The number of nitrogens with zero attached hydrogens (tertiary/aromatic N) is 2. The van der Waals surface area contributed by atoms with Gasteiger partial charge in [-0.25, -0.2) is 4.98 Å². The first-order valence-electron chi connectivity index (χ1n) is 8.36. The molecule has 25 heavy (non-hydrogen) atoms. The predicted octanol–water partition coefficient (Wildman–Crippen LogP) is 2.29. The number of carbonyl (C=O) groups excluding carboxylic acids is 2. The third kappa shape index (κ3) is 4.22. The summed E-state index contributed by atoms with van der Waals surface area (Å²) in [4.78, 5) is 45.3. The van der Waals surface area contributed by atoms with E-state index in [0.717, 1.165) is 30.6 Å². The van der Waals surface area contributed by atoms with Gasteiger partial charge in [-0.2, -0.15) is 0 Å². The Balaban J connectivity index is 1.68. The standard InChI is InChI=1S/C18H21N3O3S/c1-11(22)16-6-13(10-25-16)7-18(24)21-5-3-4-14(9-21)15-8-17(23)20-12(2)19-15/h6,8,10,14H,3-5,7,9H2,1-2H3,(H,19,20,23). The number of rotatable bonds is 4. The zero-order valence-corrected chi connectivity index (χ0v) is 15.2. The largest absolute Gasteiger partial charge is 0.342 e. The molecule has 2 aromatic heterocycles. The number of hydrogen-bond acceptors (Lipinski definition) is 5. The Labute approximate surface area is 149 Å². The lowest BCUT2D eigenvalue weighted by Crippen LogP contribution is -2.40. The molecule has 1 fully saturated rings. The lowest BCUT2D eigenvalue weighted by molar-refractivity contribution is -0.131. The number of amides is 1. The number of carbonyl (C=O) groups is 2. The number of aryl methyl sites for hydroxylation is 1. The second-order valence-electron chi connectivity index (χ2n) is 6.49. The molecule has 0 bridgehead atoms. The number of H-pyrrole nitrogens is 1. The third-order valence-corrected chi connectivity index (χ3v) is 5.51. The van der Waals surface area contributed by atoms with E-state index in [9.17, 15) is 14.4 Å². The van der Waals surface area contributed by atoms with Gasteiger partial charge in [-0.1, -0.05) is 0 Å². The van der Waals surface area contributed by atoms with E-state index >= 15 is 0 Å². The van der Waals surface area contributed by atoms with Crippen molar-refractivity contribution < 1.29 is 9.59 Å². The first-order valence-corrected chi connectivity index (χ1v) is 9.24. The van der Waals surface area contributed by atoms with Crippen LogP contribution in [-0.4, -0.2) is 39.6 Å². The van der Waals surface area contributed by atoms with Crippen molar-refractivity contribution in [2.24, 2.45) is 0 Å². The normalized spacial score (nSPS) is 17.5. The molecule has 1 aliphatic rings. The highest BCUT2D eigenvalue weighted by molar-refractivity contribution is 7.12. The van der Waals surface area contributed by atoms with Gasteiger partial charge in [-0.05, 0) is 43.7 Å². The molecule has 3 rings (SSSR count). The summed E-state index contributed by atoms with van der Waals surface area (Å²) in [5, 5.41) is 1.87. The molecule has 1 amide bonds. The molecule has 1 N–H and O–H groups in total. The Kier molecular flexibility index (Phi) is 5.13. The van der Waals surface area contributed by atoms with E-state index in [2.05, 4.69) is 9.97 Å². The zero-order chi connectivity index (χ0) is 18.0. The van der Waals surface area contributed by atoms with Gasteiger partial charge in [-0.3, -0.25) is 14.4 Å². The Morgan fingerprint density at radius 3 is 2.88 bits per heavy atom. The fourth-order valence-electron chi connectivity index (χ4n) is 3.20. The lowest BCUT2D eigenvalue weighted by Gasteiger charge is -2.32. The van der Waals surface area contributed by atoms with E-state index in [1.54, 1.807) is 13.0 Å². The number of Topliss-reactive ketones (excluding diaryl/α,β-unsaturated/α-hetero) is 1. The van der Waals surface area contributed by atoms with Crippen LogP contribution >= 0.6 is 11.3 Å². The summed E-state index contributed by atoms with van der Waals surface area (Å²) in [5.74, 6) is 0.770. The molecule has 0 spiro atoms. The fraction of sp³-hybridized carbons (Fsp3) is 0.444. The van der Waals surface area contributed by atoms with Crippen molar-refractivity contribution in [3.05, 3.63) is 49.8 Å². The highest BCUT2D eigenvalue weighted by Crippen LogP contribution is 2.26. The number of aromatic nitrogens is 2. The van der Waals surface area contributed by atoms with Crippen molar-refractivity contribution in [2.75, 3.05) is 13.1 Å². The highest BCUT2D eigenvalue weighted by atomic mass is 32.1. The van der Waals surface area contributed by atoms with E-state index in [1.807, 2.05) is 10.3 Å². The number of likely N-dealkylation sites (tertiary alicyclic amines) is 1. The van der Waals surface area contributed by atoms with Crippen molar-refractivity contribution in [3.63, 3.8) is 0 Å². The first-order chi connectivity index (χ1) is 11.9. The first kappa shape index (κ1) is 17.5. The number of aromatic amines is 1. The molecule has 3 heterocycles. The lowest BCUT2D eigenvalue weighted by atomic mass is 9.94. The van der Waals surface area contributed by atoms with Crippen LogP contribution < -0.4 is 5.56 Å². The van der Waals surface area contributed by atoms with Crippen LogP contribution in [0.1, 0.15) is 52.4 Å². The van der Waals surface area contributed by atoms with Gasteiger partial charge in [0.15, 0.2) is 5.78 Å². The molecule has 6 nitrogen and oxygen atoms in total. The number of thiophene rings is 1. The molecular formula is C18H21N3O3S. The second-order valence-corrected chi connectivity index (χ2v) is 7.40. The molecule has 0 radical (unpaired) electrons. The van der Waals surface area contributed by atoms with Crippen molar-refractivity contribution in [2.45, 2.75) is 39.0 Å². The molecule has 1 saturated heterocycles. The minimum absolute atomic E-state index is 0.0254. The SMILES string of the molecule is CC(=O)c1cc(CC(=O)N2CCCC(c3cc(=O)[nH]c(C)n3)C2)cs1. The van der Waals surface area contributed by atoms with Gasteiger partial charge >= 0.3 is 0 Å². The van der Waals surface area contributed by atoms with E-state index in [0.29, 0.717) is 23.7 Å². The van der Waals surface area contributed by atoms with Crippen LogP contribution in [0.4, 0.5) is 0 Å². The summed E-state index contributed by atoms with van der Waals surface area (Å²) in [7, 11) is 0. The van der Waals surface area contributed by atoms with Crippen LogP contribution in [0.5, 0.6) is 0 Å². The Hall–Kier alpha value is -2.28. The minimum Gasteiger partial charge on any atom is -0.342 e. The maximum atomic E-state index is 12.6. The summed E-state index contributed by atoms with van der Waals surface area (Å²) in [6, 6.07) is 3.33. The van der Waals surface area contributed by atoms with Crippen LogP contribution in [0.3, 0.4) is 0 Å². The van der Waals surface area contributed by atoms with Crippen molar-refractivity contribution >= 4 is 23.0 Å². The molecule has 0 saturated carbocycles. The van der Waals surface area contributed by atoms with Gasteiger partial charge in [0.2, 0.25) is 5.91 Å². The molecule has 1 unspecified atom stereocenters. The van der Waals surface area contributed by atoms with Gasteiger partial charge in [0.05, 0.1) is 17.0 Å². The fourth-order valence-corrected chi connectivity index (χ4v) is 4.01. The average molecular weight is 359 g/mol.